The van der Waals surface area contributed by atoms with E-state index in [1.165, 1.54) is 12.1 Å². The molecule has 2 atom stereocenters. The molecule has 4 heteroatoms. The largest absolute Gasteiger partial charge is 0.492 e. The molecule has 2 aromatic carbocycles. The maximum atomic E-state index is 13.0. The molecule has 0 spiro atoms. The standard InChI is InChI=1S/C20H22FNO2/c1-14-4-3-5-17(12-14)24-11-10-22(2)20(23)19-13-18(19)15-6-8-16(21)9-7-15/h3-9,12,18-19H,10-11,13H2,1-2H3. The third kappa shape index (κ3) is 3.94. The summed E-state index contributed by atoms with van der Waals surface area (Å²) in [6.07, 6.45) is 0.841. The number of rotatable bonds is 6. The molecule has 0 aromatic heterocycles. The van der Waals surface area contributed by atoms with Gasteiger partial charge in [0.15, 0.2) is 0 Å². The molecule has 2 aromatic rings. The average molecular weight is 327 g/mol. The van der Waals surface area contributed by atoms with E-state index in [1.54, 1.807) is 17.0 Å². The van der Waals surface area contributed by atoms with Gasteiger partial charge in [0.25, 0.3) is 0 Å². The van der Waals surface area contributed by atoms with Gasteiger partial charge in [-0.15, -0.1) is 0 Å². The van der Waals surface area contributed by atoms with E-state index in [4.69, 9.17) is 4.74 Å². The lowest BCUT2D eigenvalue weighted by atomic mass is 10.1. The molecule has 0 radical (unpaired) electrons. The van der Waals surface area contributed by atoms with Crippen molar-refractivity contribution < 1.29 is 13.9 Å². The van der Waals surface area contributed by atoms with E-state index in [0.717, 1.165) is 23.3 Å². The molecule has 1 aliphatic rings. The molecule has 24 heavy (non-hydrogen) atoms. The number of aryl methyl sites for hydroxylation is 1. The molecule has 0 N–H and O–H groups in total. The fourth-order valence-corrected chi connectivity index (χ4v) is 2.95. The first-order valence-corrected chi connectivity index (χ1v) is 8.24. The first-order chi connectivity index (χ1) is 11.5. The van der Waals surface area contributed by atoms with Crippen LogP contribution in [0.3, 0.4) is 0 Å². The van der Waals surface area contributed by atoms with E-state index in [9.17, 15) is 9.18 Å². The van der Waals surface area contributed by atoms with Crippen LogP contribution in [0.2, 0.25) is 0 Å². The van der Waals surface area contributed by atoms with Crippen LogP contribution < -0.4 is 4.74 Å². The highest BCUT2D eigenvalue weighted by molar-refractivity contribution is 5.82. The Morgan fingerprint density at radius 3 is 2.71 bits per heavy atom. The summed E-state index contributed by atoms with van der Waals surface area (Å²) in [5, 5.41) is 0. The summed E-state index contributed by atoms with van der Waals surface area (Å²) in [7, 11) is 1.81. The van der Waals surface area contributed by atoms with Crippen molar-refractivity contribution in [2.24, 2.45) is 5.92 Å². The Hall–Kier alpha value is -2.36. The fourth-order valence-electron chi connectivity index (χ4n) is 2.95. The van der Waals surface area contributed by atoms with E-state index < -0.39 is 0 Å². The Balaban J connectivity index is 1.46. The zero-order valence-electron chi connectivity index (χ0n) is 14.0. The average Bonchev–Trinajstić information content (AvgIpc) is 3.35. The Morgan fingerprint density at radius 1 is 1.25 bits per heavy atom. The van der Waals surface area contributed by atoms with Crippen LogP contribution in [0, 0.1) is 18.7 Å². The highest BCUT2D eigenvalue weighted by Gasteiger charge is 2.45. The van der Waals surface area contributed by atoms with Gasteiger partial charge in [-0.2, -0.15) is 0 Å². The van der Waals surface area contributed by atoms with Crippen molar-refractivity contribution in [3.63, 3.8) is 0 Å². The number of amides is 1. The molecule has 1 fully saturated rings. The number of nitrogens with zero attached hydrogens (tertiary/aromatic N) is 1. The molecular weight excluding hydrogens is 305 g/mol. The SMILES string of the molecule is Cc1cccc(OCCN(C)C(=O)C2CC2c2ccc(F)cc2)c1. The summed E-state index contributed by atoms with van der Waals surface area (Å²) in [4.78, 5) is 14.2. The summed E-state index contributed by atoms with van der Waals surface area (Å²) < 4.78 is 18.7. The van der Waals surface area contributed by atoms with Crippen LogP contribution in [0.25, 0.3) is 0 Å². The van der Waals surface area contributed by atoms with Crippen LogP contribution >= 0.6 is 0 Å². The lowest BCUT2D eigenvalue weighted by Gasteiger charge is -2.18. The third-order valence-electron chi connectivity index (χ3n) is 4.47. The number of likely N-dealkylation sites (N-methyl/N-ethyl adjacent to an activating group) is 1. The number of hydrogen-bond donors (Lipinski definition) is 0. The van der Waals surface area contributed by atoms with Gasteiger partial charge in [-0.1, -0.05) is 24.3 Å². The van der Waals surface area contributed by atoms with Crippen LogP contribution in [-0.4, -0.2) is 31.0 Å². The van der Waals surface area contributed by atoms with Crippen LogP contribution in [-0.2, 0) is 4.79 Å². The summed E-state index contributed by atoms with van der Waals surface area (Å²) >= 11 is 0. The molecule has 3 nitrogen and oxygen atoms in total. The molecule has 126 valence electrons. The van der Waals surface area contributed by atoms with Gasteiger partial charge >= 0.3 is 0 Å². The fraction of sp³-hybridized carbons (Fsp3) is 0.350. The second kappa shape index (κ2) is 7.04. The minimum absolute atomic E-state index is 0.0134. The van der Waals surface area contributed by atoms with Crippen molar-refractivity contribution >= 4 is 5.91 Å². The molecule has 1 aliphatic carbocycles. The van der Waals surface area contributed by atoms with Crippen LogP contribution in [0.15, 0.2) is 48.5 Å². The zero-order chi connectivity index (χ0) is 17.1. The van der Waals surface area contributed by atoms with Crippen molar-refractivity contribution in [3.8, 4) is 5.75 Å². The van der Waals surface area contributed by atoms with Crippen molar-refractivity contribution in [1.82, 2.24) is 4.90 Å². The second-order valence-electron chi connectivity index (χ2n) is 6.43. The topological polar surface area (TPSA) is 29.5 Å². The molecule has 1 amide bonds. The van der Waals surface area contributed by atoms with Crippen LogP contribution in [0.4, 0.5) is 4.39 Å². The lowest BCUT2D eigenvalue weighted by Crippen LogP contribution is -2.32. The maximum absolute atomic E-state index is 13.0. The van der Waals surface area contributed by atoms with Gasteiger partial charge in [-0.25, -0.2) is 4.39 Å². The highest BCUT2D eigenvalue weighted by atomic mass is 19.1. The van der Waals surface area contributed by atoms with Gasteiger partial charge in [0.2, 0.25) is 5.91 Å². The lowest BCUT2D eigenvalue weighted by molar-refractivity contribution is -0.131. The van der Waals surface area contributed by atoms with Crippen LogP contribution in [0.1, 0.15) is 23.5 Å². The molecule has 3 rings (SSSR count). The number of carbonyl (C=O) groups excluding carboxylic acids is 1. The smallest absolute Gasteiger partial charge is 0.226 e. The predicted octanol–water partition coefficient (Wildman–Crippen LogP) is 3.78. The summed E-state index contributed by atoms with van der Waals surface area (Å²) in [5.74, 6) is 0.953. The van der Waals surface area contributed by atoms with Crippen LogP contribution in [0.5, 0.6) is 5.75 Å². The minimum atomic E-state index is -0.243. The van der Waals surface area contributed by atoms with Crippen molar-refractivity contribution in [2.75, 3.05) is 20.2 Å². The number of ether oxygens (including phenoxy) is 1. The maximum Gasteiger partial charge on any atom is 0.226 e. The molecular formula is C20H22FNO2. The van der Waals surface area contributed by atoms with E-state index in [-0.39, 0.29) is 23.6 Å². The molecule has 0 bridgehead atoms. The third-order valence-corrected chi connectivity index (χ3v) is 4.47. The van der Waals surface area contributed by atoms with Gasteiger partial charge < -0.3 is 9.64 Å². The predicted molar refractivity (Wildman–Crippen MR) is 91.6 cm³/mol. The summed E-state index contributed by atoms with van der Waals surface area (Å²) in [6, 6.07) is 14.3. The zero-order valence-corrected chi connectivity index (χ0v) is 14.0. The van der Waals surface area contributed by atoms with E-state index in [0.29, 0.717) is 13.2 Å². The Kier molecular flexibility index (Phi) is 4.84. The van der Waals surface area contributed by atoms with Gasteiger partial charge in [-0.3, -0.25) is 4.79 Å². The molecule has 0 aliphatic heterocycles. The van der Waals surface area contributed by atoms with Gasteiger partial charge in [0.05, 0.1) is 6.54 Å². The Bertz CT molecular complexity index is 714. The van der Waals surface area contributed by atoms with Gasteiger partial charge in [0, 0.05) is 13.0 Å². The quantitative estimate of drug-likeness (QED) is 0.808. The number of carbonyl (C=O) groups is 1. The molecule has 0 saturated heterocycles. The number of benzene rings is 2. The first-order valence-electron chi connectivity index (χ1n) is 8.24. The van der Waals surface area contributed by atoms with E-state index in [1.807, 2.05) is 38.2 Å². The van der Waals surface area contributed by atoms with E-state index >= 15 is 0 Å². The minimum Gasteiger partial charge on any atom is -0.492 e. The van der Waals surface area contributed by atoms with Crippen molar-refractivity contribution in [1.29, 1.82) is 0 Å². The molecule has 2 unspecified atom stereocenters. The Morgan fingerprint density at radius 2 is 2.00 bits per heavy atom. The van der Waals surface area contributed by atoms with Gasteiger partial charge in [0.1, 0.15) is 18.2 Å². The summed E-state index contributed by atoms with van der Waals surface area (Å²) in [6.45, 7) is 3.05. The molecule has 1 saturated carbocycles. The van der Waals surface area contributed by atoms with E-state index in [2.05, 4.69) is 0 Å². The highest BCUT2D eigenvalue weighted by Crippen LogP contribution is 2.48. The normalized spacial score (nSPS) is 19.0. The second-order valence-corrected chi connectivity index (χ2v) is 6.43. The first kappa shape index (κ1) is 16.5. The summed E-state index contributed by atoms with van der Waals surface area (Å²) in [5.41, 5.74) is 2.19. The monoisotopic (exact) mass is 327 g/mol. The number of halogens is 1. The number of hydrogen-bond acceptors (Lipinski definition) is 2. The molecule has 0 heterocycles. The van der Waals surface area contributed by atoms with Crippen molar-refractivity contribution in [3.05, 3.63) is 65.5 Å². The Labute approximate surface area is 142 Å². The van der Waals surface area contributed by atoms with Gasteiger partial charge in [-0.05, 0) is 54.7 Å². The van der Waals surface area contributed by atoms with Crippen molar-refractivity contribution in [2.45, 2.75) is 19.3 Å².